The molecule has 0 aliphatic carbocycles. The molecule has 2 aliphatic heterocycles. The molecule has 2 N–H and O–H groups in total. The summed E-state index contributed by atoms with van der Waals surface area (Å²) in [7, 11) is 0. The van der Waals surface area contributed by atoms with Gasteiger partial charge in [-0.1, -0.05) is 6.07 Å². The van der Waals surface area contributed by atoms with E-state index in [1.165, 1.54) is 5.56 Å². The first-order chi connectivity index (χ1) is 7.83. The zero-order chi connectivity index (χ0) is 11.0. The Morgan fingerprint density at radius 3 is 3.00 bits per heavy atom. The van der Waals surface area contributed by atoms with Gasteiger partial charge in [0.1, 0.15) is 5.75 Å². The monoisotopic (exact) mass is 254 g/mol. The Morgan fingerprint density at radius 1 is 1.35 bits per heavy atom. The second-order valence-electron chi connectivity index (χ2n) is 4.28. The number of rotatable bonds is 1. The molecule has 1 atom stereocenters. The Morgan fingerprint density at radius 2 is 2.24 bits per heavy atom. The minimum Gasteiger partial charge on any atom is -0.482 e. The van der Waals surface area contributed by atoms with Crippen molar-refractivity contribution in [3.63, 3.8) is 0 Å². The van der Waals surface area contributed by atoms with Gasteiger partial charge in [0.15, 0.2) is 6.61 Å². The van der Waals surface area contributed by atoms with Gasteiger partial charge in [-0.3, -0.25) is 4.79 Å². The van der Waals surface area contributed by atoms with Crippen molar-refractivity contribution in [3.05, 3.63) is 23.8 Å². The van der Waals surface area contributed by atoms with Crippen LogP contribution in [0.3, 0.4) is 0 Å². The van der Waals surface area contributed by atoms with Crippen molar-refractivity contribution in [1.82, 2.24) is 5.32 Å². The van der Waals surface area contributed by atoms with Crippen molar-refractivity contribution >= 4 is 24.0 Å². The molecule has 1 unspecified atom stereocenters. The van der Waals surface area contributed by atoms with Crippen LogP contribution in [0.2, 0.25) is 0 Å². The number of nitrogens with one attached hydrogen (secondary N) is 2. The van der Waals surface area contributed by atoms with Crippen molar-refractivity contribution < 1.29 is 9.53 Å². The van der Waals surface area contributed by atoms with Gasteiger partial charge in [0.25, 0.3) is 5.91 Å². The highest BCUT2D eigenvalue weighted by molar-refractivity contribution is 5.95. The molecule has 0 radical (unpaired) electrons. The molecule has 1 fully saturated rings. The molecule has 1 amide bonds. The Balaban J connectivity index is 0.00000108. The van der Waals surface area contributed by atoms with E-state index in [4.69, 9.17) is 4.74 Å². The number of hydrogen-bond donors (Lipinski definition) is 2. The minimum absolute atomic E-state index is 0. The predicted octanol–water partition coefficient (Wildman–Crippen LogP) is 1.52. The van der Waals surface area contributed by atoms with Gasteiger partial charge in [-0.05, 0) is 36.6 Å². The van der Waals surface area contributed by atoms with Gasteiger partial charge >= 0.3 is 0 Å². The first-order valence-electron chi connectivity index (χ1n) is 5.60. The van der Waals surface area contributed by atoms with E-state index in [0.29, 0.717) is 5.92 Å². The summed E-state index contributed by atoms with van der Waals surface area (Å²) in [5, 5.41) is 6.18. The number of carbonyl (C=O) groups excluding carboxylic acids is 1. The molecular formula is C12H15ClN2O2. The summed E-state index contributed by atoms with van der Waals surface area (Å²) in [4.78, 5) is 11.2. The molecular weight excluding hydrogens is 240 g/mol. The Bertz CT molecular complexity index is 431. The summed E-state index contributed by atoms with van der Waals surface area (Å²) >= 11 is 0. The fraction of sp³-hybridized carbons (Fsp3) is 0.417. The molecule has 1 saturated heterocycles. The lowest BCUT2D eigenvalue weighted by Gasteiger charge is -2.19. The third-order valence-electron chi connectivity index (χ3n) is 3.17. The van der Waals surface area contributed by atoms with Crippen LogP contribution in [0.4, 0.5) is 5.69 Å². The number of fused-ring (bicyclic) bond motifs is 1. The SMILES string of the molecule is Cl.O=C1COc2ccc(C3CCNC3)cc2N1. The third kappa shape index (κ3) is 2.37. The van der Waals surface area contributed by atoms with E-state index in [1.807, 2.05) is 12.1 Å². The van der Waals surface area contributed by atoms with E-state index >= 15 is 0 Å². The second kappa shape index (κ2) is 4.94. The third-order valence-corrected chi connectivity index (χ3v) is 3.17. The standard InChI is InChI=1S/C12H14N2O2.ClH/c15-12-7-16-11-2-1-8(5-10(11)14-12)9-3-4-13-6-9;/h1-2,5,9,13H,3-4,6-7H2,(H,14,15);1H. The molecule has 4 nitrogen and oxygen atoms in total. The Kier molecular flexibility index (Phi) is 3.54. The van der Waals surface area contributed by atoms with Crippen LogP contribution >= 0.6 is 12.4 Å². The van der Waals surface area contributed by atoms with E-state index in [-0.39, 0.29) is 24.9 Å². The van der Waals surface area contributed by atoms with Crippen LogP contribution in [0.1, 0.15) is 17.9 Å². The topological polar surface area (TPSA) is 50.4 Å². The number of halogens is 1. The van der Waals surface area contributed by atoms with E-state index in [1.54, 1.807) is 0 Å². The molecule has 0 bridgehead atoms. The Labute approximate surface area is 106 Å². The lowest BCUT2D eigenvalue weighted by atomic mass is 9.97. The smallest absolute Gasteiger partial charge is 0.262 e. The maximum atomic E-state index is 11.2. The van der Waals surface area contributed by atoms with Crippen LogP contribution in [0.15, 0.2) is 18.2 Å². The van der Waals surface area contributed by atoms with Crippen LogP contribution in [-0.4, -0.2) is 25.6 Å². The zero-order valence-electron chi connectivity index (χ0n) is 9.36. The van der Waals surface area contributed by atoms with Gasteiger partial charge in [-0.2, -0.15) is 0 Å². The number of carbonyl (C=O) groups is 1. The van der Waals surface area contributed by atoms with Crippen molar-refractivity contribution in [3.8, 4) is 5.75 Å². The molecule has 0 saturated carbocycles. The maximum absolute atomic E-state index is 11.2. The molecule has 17 heavy (non-hydrogen) atoms. The van der Waals surface area contributed by atoms with Gasteiger partial charge in [0.2, 0.25) is 0 Å². The lowest BCUT2D eigenvalue weighted by molar-refractivity contribution is -0.118. The molecule has 1 aromatic carbocycles. The van der Waals surface area contributed by atoms with Crippen molar-refractivity contribution in [2.45, 2.75) is 12.3 Å². The summed E-state index contributed by atoms with van der Waals surface area (Å²) < 4.78 is 5.33. The van der Waals surface area contributed by atoms with E-state index in [9.17, 15) is 4.79 Å². The highest BCUT2D eigenvalue weighted by atomic mass is 35.5. The first kappa shape index (κ1) is 12.2. The maximum Gasteiger partial charge on any atom is 0.262 e. The molecule has 92 valence electrons. The van der Waals surface area contributed by atoms with Crippen LogP contribution in [0.25, 0.3) is 0 Å². The quantitative estimate of drug-likeness (QED) is 0.799. The number of anilines is 1. The van der Waals surface area contributed by atoms with Crippen LogP contribution in [0, 0.1) is 0 Å². The highest BCUT2D eigenvalue weighted by Gasteiger charge is 2.20. The van der Waals surface area contributed by atoms with Crippen molar-refractivity contribution in [1.29, 1.82) is 0 Å². The normalized spacial score (nSPS) is 22.1. The van der Waals surface area contributed by atoms with E-state index in [0.717, 1.165) is 30.9 Å². The minimum atomic E-state index is -0.0748. The van der Waals surface area contributed by atoms with Crippen LogP contribution in [-0.2, 0) is 4.79 Å². The number of hydrogen-bond acceptors (Lipinski definition) is 3. The van der Waals surface area contributed by atoms with Crippen LogP contribution < -0.4 is 15.4 Å². The second-order valence-corrected chi connectivity index (χ2v) is 4.28. The molecule has 2 aliphatic rings. The average molecular weight is 255 g/mol. The molecule has 0 aromatic heterocycles. The first-order valence-corrected chi connectivity index (χ1v) is 5.60. The van der Waals surface area contributed by atoms with Crippen molar-refractivity contribution in [2.24, 2.45) is 0 Å². The summed E-state index contributed by atoms with van der Waals surface area (Å²) in [6.45, 7) is 2.22. The van der Waals surface area contributed by atoms with E-state index in [2.05, 4.69) is 16.7 Å². The largest absolute Gasteiger partial charge is 0.482 e. The molecule has 2 heterocycles. The fourth-order valence-electron chi connectivity index (χ4n) is 2.29. The average Bonchev–Trinajstić information content (AvgIpc) is 2.81. The highest BCUT2D eigenvalue weighted by Crippen LogP contribution is 2.32. The molecule has 3 rings (SSSR count). The van der Waals surface area contributed by atoms with Crippen LogP contribution in [0.5, 0.6) is 5.75 Å². The number of amides is 1. The summed E-state index contributed by atoms with van der Waals surface area (Å²) in [6, 6.07) is 6.07. The lowest BCUT2D eigenvalue weighted by Crippen LogP contribution is -2.25. The predicted molar refractivity (Wildman–Crippen MR) is 68.0 cm³/mol. The Hall–Kier alpha value is -1.26. The summed E-state index contributed by atoms with van der Waals surface area (Å²) in [5.41, 5.74) is 2.08. The number of ether oxygens (including phenoxy) is 1. The molecule has 0 spiro atoms. The molecule has 1 aromatic rings. The van der Waals surface area contributed by atoms with Crippen molar-refractivity contribution in [2.75, 3.05) is 25.0 Å². The zero-order valence-corrected chi connectivity index (χ0v) is 10.2. The van der Waals surface area contributed by atoms with Gasteiger partial charge in [-0.25, -0.2) is 0 Å². The summed E-state index contributed by atoms with van der Waals surface area (Å²) in [5.74, 6) is 1.26. The fourth-order valence-corrected chi connectivity index (χ4v) is 2.29. The van der Waals surface area contributed by atoms with E-state index < -0.39 is 0 Å². The molecule has 5 heteroatoms. The van der Waals surface area contributed by atoms with Gasteiger partial charge in [0, 0.05) is 6.54 Å². The van der Waals surface area contributed by atoms with Gasteiger partial charge in [0.05, 0.1) is 5.69 Å². The van der Waals surface area contributed by atoms with Gasteiger partial charge < -0.3 is 15.4 Å². The number of benzene rings is 1. The summed E-state index contributed by atoms with van der Waals surface area (Å²) in [6.07, 6.45) is 1.16. The van der Waals surface area contributed by atoms with Gasteiger partial charge in [-0.15, -0.1) is 12.4 Å².